The second-order valence-corrected chi connectivity index (χ2v) is 5.97. The summed E-state index contributed by atoms with van der Waals surface area (Å²) in [6, 6.07) is 13.4. The van der Waals surface area contributed by atoms with Crippen LogP contribution < -0.4 is 15.4 Å². The molecule has 0 spiro atoms. The van der Waals surface area contributed by atoms with Crippen molar-refractivity contribution in [3.05, 3.63) is 71.7 Å². The van der Waals surface area contributed by atoms with Gasteiger partial charge in [-0.3, -0.25) is 4.79 Å². The fourth-order valence-electron chi connectivity index (χ4n) is 2.60. The van der Waals surface area contributed by atoms with Crippen LogP contribution in [0.1, 0.15) is 21.6 Å². The van der Waals surface area contributed by atoms with Crippen LogP contribution in [0, 0.1) is 13.8 Å². The lowest BCUT2D eigenvalue weighted by Crippen LogP contribution is -2.14. The molecule has 1 heterocycles. The third-order valence-electron chi connectivity index (χ3n) is 3.71. The van der Waals surface area contributed by atoms with Crippen molar-refractivity contribution in [2.24, 2.45) is 0 Å². The summed E-state index contributed by atoms with van der Waals surface area (Å²) in [7, 11) is 1.61. The van der Waals surface area contributed by atoms with Crippen LogP contribution in [0.25, 0.3) is 0 Å². The first-order chi connectivity index (χ1) is 12.5. The summed E-state index contributed by atoms with van der Waals surface area (Å²) in [4.78, 5) is 20.8. The van der Waals surface area contributed by atoms with Crippen molar-refractivity contribution < 1.29 is 9.53 Å². The van der Waals surface area contributed by atoms with E-state index in [2.05, 4.69) is 26.7 Å². The Labute approximate surface area is 152 Å². The largest absolute Gasteiger partial charge is 0.497 e. The number of carbonyl (C=O) groups is 1. The number of nitrogens with one attached hydrogen (secondary N) is 2. The van der Waals surface area contributed by atoms with Gasteiger partial charge in [0.15, 0.2) is 0 Å². The third kappa shape index (κ3) is 4.36. The van der Waals surface area contributed by atoms with E-state index in [4.69, 9.17) is 4.74 Å². The topological polar surface area (TPSA) is 76.1 Å². The molecule has 0 radical (unpaired) electrons. The molecule has 2 N–H and O–H groups in total. The highest BCUT2D eigenvalue weighted by Crippen LogP contribution is 2.20. The van der Waals surface area contributed by atoms with Gasteiger partial charge in [0, 0.05) is 17.4 Å². The molecule has 1 amide bonds. The van der Waals surface area contributed by atoms with Gasteiger partial charge in [0.25, 0.3) is 5.91 Å². The highest BCUT2D eigenvalue weighted by Gasteiger charge is 2.09. The normalized spacial score (nSPS) is 10.3. The lowest BCUT2D eigenvalue weighted by molar-refractivity contribution is 0.102. The number of hydrogen-bond acceptors (Lipinski definition) is 5. The highest BCUT2D eigenvalue weighted by molar-refractivity contribution is 6.02. The number of aryl methyl sites for hydroxylation is 2. The molecule has 132 valence electrons. The summed E-state index contributed by atoms with van der Waals surface area (Å²) in [6.45, 7) is 3.98. The van der Waals surface area contributed by atoms with E-state index in [1.165, 1.54) is 12.4 Å². The molecule has 0 unspecified atom stereocenters. The van der Waals surface area contributed by atoms with E-state index >= 15 is 0 Å². The van der Waals surface area contributed by atoms with Crippen LogP contribution in [-0.2, 0) is 0 Å². The molecular formula is C20H20N4O2. The van der Waals surface area contributed by atoms with Gasteiger partial charge in [0.05, 0.1) is 19.5 Å². The Hall–Kier alpha value is -3.41. The van der Waals surface area contributed by atoms with E-state index < -0.39 is 0 Å². The number of rotatable bonds is 5. The number of aromatic nitrogens is 2. The second kappa shape index (κ2) is 7.65. The van der Waals surface area contributed by atoms with Crippen molar-refractivity contribution >= 4 is 23.1 Å². The predicted molar refractivity (Wildman–Crippen MR) is 102 cm³/mol. The molecule has 0 atom stereocenters. The average Bonchev–Trinajstić information content (AvgIpc) is 2.61. The first kappa shape index (κ1) is 17.4. The Morgan fingerprint density at radius 1 is 0.962 bits per heavy atom. The Morgan fingerprint density at radius 3 is 2.38 bits per heavy atom. The van der Waals surface area contributed by atoms with Crippen LogP contribution in [0.2, 0.25) is 0 Å². The quantitative estimate of drug-likeness (QED) is 0.726. The van der Waals surface area contributed by atoms with Gasteiger partial charge in [-0.1, -0.05) is 12.1 Å². The van der Waals surface area contributed by atoms with Crippen LogP contribution in [0.15, 0.2) is 54.9 Å². The molecule has 3 aromatic rings. The van der Waals surface area contributed by atoms with E-state index in [0.29, 0.717) is 5.82 Å². The number of ether oxygens (including phenoxy) is 1. The van der Waals surface area contributed by atoms with Gasteiger partial charge >= 0.3 is 0 Å². The molecule has 0 bridgehead atoms. The summed E-state index contributed by atoms with van der Waals surface area (Å²) in [5.74, 6) is 0.990. The second-order valence-electron chi connectivity index (χ2n) is 5.97. The fraction of sp³-hybridized carbons (Fsp3) is 0.150. The number of nitrogens with zero attached hydrogens (tertiary/aromatic N) is 2. The Balaban J connectivity index is 1.69. The first-order valence-electron chi connectivity index (χ1n) is 8.16. The molecule has 0 aliphatic heterocycles. The number of anilines is 3. The predicted octanol–water partition coefficient (Wildman–Crippen LogP) is 4.10. The monoisotopic (exact) mass is 348 g/mol. The number of amides is 1. The van der Waals surface area contributed by atoms with Crippen molar-refractivity contribution in [2.45, 2.75) is 13.8 Å². The minimum Gasteiger partial charge on any atom is -0.497 e. The zero-order valence-corrected chi connectivity index (χ0v) is 14.9. The standard InChI is InChI=1S/C20H20N4O2/c1-13-7-14(2)9-16(8-13)24-20(25)18-11-22-19(12-21-18)23-15-5-4-6-17(10-15)26-3/h4-12H,1-3H3,(H,22,23)(H,24,25). The Bertz CT molecular complexity index is 903. The molecule has 0 saturated carbocycles. The molecule has 6 heteroatoms. The van der Waals surface area contributed by atoms with Gasteiger partial charge in [-0.15, -0.1) is 0 Å². The van der Waals surface area contributed by atoms with Gasteiger partial charge in [0.1, 0.15) is 17.3 Å². The van der Waals surface area contributed by atoms with Crippen LogP contribution in [0.4, 0.5) is 17.2 Å². The molecule has 26 heavy (non-hydrogen) atoms. The van der Waals surface area contributed by atoms with Crippen LogP contribution in [0.3, 0.4) is 0 Å². The van der Waals surface area contributed by atoms with Crippen molar-refractivity contribution in [1.82, 2.24) is 9.97 Å². The summed E-state index contributed by atoms with van der Waals surface area (Å²) in [6.07, 6.45) is 2.97. The SMILES string of the molecule is COc1cccc(Nc2cnc(C(=O)Nc3cc(C)cc(C)c3)cn2)c1. The third-order valence-corrected chi connectivity index (χ3v) is 3.71. The van der Waals surface area contributed by atoms with E-state index in [1.807, 2.05) is 50.2 Å². The minimum atomic E-state index is -0.296. The van der Waals surface area contributed by atoms with Crippen molar-refractivity contribution in [3.8, 4) is 5.75 Å². The lowest BCUT2D eigenvalue weighted by Gasteiger charge is -2.09. The van der Waals surface area contributed by atoms with Gasteiger partial charge < -0.3 is 15.4 Å². The molecule has 6 nitrogen and oxygen atoms in total. The minimum absolute atomic E-state index is 0.250. The van der Waals surface area contributed by atoms with Crippen molar-refractivity contribution in [3.63, 3.8) is 0 Å². The first-order valence-corrected chi connectivity index (χ1v) is 8.16. The summed E-state index contributed by atoms with van der Waals surface area (Å²) < 4.78 is 5.19. The maximum absolute atomic E-state index is 12.3. The zero-order chi connectivity index (χ0) is 18.5. The summed E-state index contributed by atoms with van der Waals surface area (Å²) in [5.41, 5.74) is 3.99. The molecule has 0 fully saturated rings. The number of carbonyl (C=O) groups excluding carboxylic acids is 1. The summed E-state index contributed by atoms with van der Waals surface area (Å²) >= 11 is 0. The van der Waals surface area contributed by atoms with E-state index in [9.17, 15) is 4.79 Å². The van der Waals surface area contributed by atoms with Crippen LogP contribution in [0.5, 0.6) is 5.75 Å². The molecule has 0 saturated heterocycles. The maximum Gasteiger partial charge on any atom is 0.275 e. The van der Waals surface area contributed by atoms with Crippen molar-refractivity contribution in [1.29, 1.82) is 0 Å². The fourth-order valence-corrected chi connectivity index (χ4v) is 2.60. The Kier molecular flexibility index (Phi) is 5.12. The van der Waals surface area contributed by atoms with Crippen LogP contribution >= 0.6 is 0 Å². The molecule has 0 aliphatic carbocycles. The number of methoxy groups -OCH3 is 1. The van der Waals surface area contributed by atoms with Crippen LogP contribution in [-0.4, -0.2) is 23.0 Å². The average molecular weight is 348 g/mol. The molecule has 3 rings (SSSR count). The molecule has 1 aromatic heterocycles. The van der Waals surface area contributed by atoms with Gasteiger partial charge in [-0.05, 0) is 49.2 Å². The van der Waals surface area contributed by atoms with E-state index in [-0.39, 0.29) is 11.6 Å². The molecular weight excluding hydrogens is 328 g/mol. The number of benzene rings is 2. The smallest absolute Gasteiger partial charge is 0.275 e. The zero-order valence-electron chi connectivity index (χ0n) is 14.9. The molecule has 0 aliphatic rings. The van der Waals surface area contributed by atoms with Gasteiger partial charge in [-0.2, -0.15) is 0 Å². The number of hydrogen-bond donors (Lipinski definition) is 2. The van der Waals surface area contributed by atoms with E-state index in [1.54, 1.807) is 7.11 Å². The lowest BCUT2D eigenvalue weighted by atomic mass is 10.1. The molecule has 2 aromatic carbocycles. The van der Waals surface area contributed by atoms with Crippen molar-refractivity contribution in [2.75, 3.05) is 17.7 Å². The highest BCUT2D eigenvalue weighted by atomic mass is 16.5. The Morgan fingerprint density at radius 2 is 1.73 bits per heavy atom. The maximum atomic E-state index is 12.3. The van der Waals surface area contributed by atoms with Gasteiger partial charge in [-0.25, -0.2) is 9.97 Å². The summed E-state index contributed by atoms with van der Waals surface area (Å²) in [5, 5.41) is 5.97. The van der Waals surface area contributed by atoms with E-state index in [0.717, 1.165) is 28.3 Å². The van der Waals surface area contributed by atoms with Gasteiger partial charge in [0.2, 0.25) is 0 Å².